The van der Waals surface area contributed by atoms with Crippen molar-refractivity contribution in [1.82, 2.24) is 10.3 Å². The predicted molar refractivity (Wildman–Crippen MR) is 72.3 cm³/mol. The summed E-state index contributed by atoms with van der Waals surface area (Å²) in [6.07, 6.45) is 3.86. The molecule has 0 bridgehead atoms. The minimum absolute atomic E-state index is 0.212. The Labute approximate surface area is 108 Å². The molecule has 1 unspecified atom stereocenters. The van der Waals surface area contributed by atoms with Crippen LogP contribution in [0, 0.1) is 11.7 Å². The predicted octanol–water partition coefficient (Wildman–Crippen LogP) is 2.44. The maximum absolute atomic E-state index is 13.6. The van der Waals surface area contributed by atoms with Gasteiger partial charge in [-0.2, -0.15) is 0 Å². The number of nitrogens with zero attached hydrogens (tertiary/aromatic N) is 2. The first-order chi connectivity index (χ1) is 8.72. The van der Waals surface area contributed by atoms with Gasteiger partial charge >= 0.3 is 0 Å². The fourth-order valence-electron chi connectivity index (χ4n) is 2.71. The van der Waals surface area contributed by atoms with Crippen molar-refractivity contribution in [2.45, 2.75) is 32.7 Å². The Morgan fingerprint density at radius 1 is 1.50 bits per heavy atom. The van der Waals surface area contributed by atoms with Gasteiger partial charge in [0.1, 0.15) is 0 Å². The van der Waals surface area contributed by atoms with Crippen LogP contribution in [0.15, 0.2) is 18.3 Å². The molecule has 100 valence electrons. The van der Waals surface area contributed by atoms with Crippen molar-refractivity contribution in [1.29, 1.82) is 0 Å². The van der Waals surface area contributed by atoms with Gasteiger partial charge in [0.25, 0.3) is 0 Å². The summed E-state index contributed by atoms with van der Waals surface area (Å²) < 4.78 is 13.6. The van der Waals surface area contributed by atoms with Crippen LogP contribution in [0.5, 0.6) is 0 Å². The summed E-state index contributed by atoms with van der Waals surface area (Å²) in [5.41, 5.74) is 0. The normalized spacial score (nSPS) is 18.9. The first-order valence-corrected chi connectivity index (χ1v) is 6.81. The molecule has 0 amide bonds. The van der Waals surface area contributed by atoms with E-state index in [1.165, 1.54) is 6.07 Å². The average molecular weight is 251 g/mol. The molecule has 18 heavy (non-hydrogen) atoms. The minimum Gasteiger partial charge on any atom is -0.354 e. The van der Waals surface area contributed by atoms with Crippen molar-refractivity contribution in [2.24, 2.45) is 5.92 Å². The highest BCUT2D eigenvalue weighted by molar-refractivity contribution is 5.39. The van der Waals surface area contributed by atoms with E-state index < -0.39 is 0 Å². The number of nitrogens with one attached hydrogen (secondary N) is 1. The number of piperidine rings is 1. The summed E-state index contributed by atoms with van der Waals surface area (Å²) in [5.74, 6) is 0.982. The lowest BCUT2D eigenvalue weighted by Crippen LogP contribution is -2.42. The summed E-state index contributed by atoms with van der Waals surface area (Å²) in [6.45, 7) is 7.18. The van der Waals surface area contributed by atoms with Crippen molar-refractivity contribution >= 4 is 5.82 Å². The van der Waals surface area contributed by atoms with Gasteiger partial charge in [0.05, 0.1) is 0 Å². The molecule has 2 heterocycles. The van der Waals surface area contributed by atoms with Crippen molar-refractivity contribution in [3.05, 3.63) is 24.1 Å². The van der Waals surface area contributed by atoms with Gasteiger partial charge in [-0.15, -0.1) is 0 Å². The zero-order valence-corrected chi connectivity index (χ0v) is 11.2. The number of anilines is 1. The van der Waals surface area contributed by atoms with E-state index >= 15 is 0 Å². The molecule has 1 aliphatic heterocycles. The molecular weight excluding hydrogens is 229 g/mol. The van der Waals surface area contributed by atoms with E-state index in [0.717, 1.165) is 32.5 Å². The van der Waals surface area contributed by atoms with E-state index in [9.17, 15) is 4.39 Å². The molecule has 4 heteroatoms. The molecule has 0 radical (unpaired) electrons. The Hall–Kier alpha value is -1.16. The van der Waals surface area contributed by atoms with Crippen molar-refractivity contribution < 1.29 is 4.39 Å². The number of aromatic nitrogens is 1. The number of hydrogen-bond acceptors (Lipinski definition) is 3. The Morgan fingerprint density at radius 3 is 2.83 bits per heavy atom. The summed E-state index contributed by atoms with van der Waals surface area (Å²) in [7, 11) is 0. The molecule has 1 N–H and O–H groups in total. The summed E-state index contributed by atoms with van der Waals surface area (Å²) in [5, 5.41) is 3.47. The molecular formula is C14H22FN3. The standard InChI is InChI=1S/C14H22FN3/c1-3-16-11(2)12-6-9-18(10-7-12)14-13(15)5-4-8-17-14/h4-5,8,11-12,16H,3,6-7,9-10H2,1-2H3. The second-order valence-electron chi connectivity index (χ2n) is 4.98. The van der Waals surface area contributed by atoms with E-state index in [-0.39, 0.29) is 5.82 Å². The molecule has 0 aromatic carbocycles. The van der Waals surface area contributed by atoms with Crippen LogP contribution >= 0.6 is 0 Å². The smallest absolute Gasteiger partial charge is 0.165 e. The maximum atomic E-state index is 13.6. The van der Waals surface area contributed by atoms with E-state index in [1.54, 1.807) is 12.3 Å². The molecule has 0 aliphatic carbocycles. The van der Waals surface area contributed by atoms with E-state index in [4.69, 9.17) is 0 Å². The number of halogens is 1. The highest BCUT2D eigenvalue weighted by Crippen LogP contribution is 2.25. The fourth-order valence-corrected chi connectivity index (χ4v) is 2.71. The first-order valence-electron chi connectivity index (χ1n) is 6.81. The third-order valence-electron chi connectivity index (χ3n) is 3.81. The van der Waals surface area contributed by atoms with Crippen LogP contribution in [0.3, 0.4) is 0 Å². The molecule has 1 fully saturated rings. The lowest BCUT2D eigenvalue weighted by atomic mass is 9.90. The van der Waals surface area contributed by atoms with Gasteiger partial charge in [-0.3, -0.25) is 0 Å². The van der Waals surface area contributed by atoms with Crippen LogP contribution in [-0.2, 0) is 0 Å². The zero-order valence-electron chi connectivity index (χ0n) is 11.2. The molecule has 0 spiro atoms. The Morgan fingerprint density at radius 2 is 2.22 bits per heavy atom. The monoisotopic (exact) mass is 251 g/mol. The van der Waals surface area contributed by atoms with Crippen LogP contribution in [-0.4, -0.2) is 30.7 Å². The summed E-state index contributed by atoms with van der Waals surface area (Å²) >= 11 is 0. The fraction of sp³-hybridized carbons (Fsp3) is 0.643. The topological polar surface area (TPSA) is 28.2 Å². The van der Waals surface area contributed by atoms with Gasteiger partial charge in [0.15, 0.2) is 11.6 Å². The quantitative estimate of drug-likeness (QED) is 0.891. The zero-order chi connectivity index (χ0) is 13.0. The van der Waals surface area contributed by atoms with Gasteiger partial charge in [-0.1, -0.05) is 6.92 Å². The third kappa shape index (κ3) is 2.99. The first kappa shape index (κ1) is 13.3. The van der Waals surface area contributed by atoms with Crippen LogP contribution in [0.25, 0.3) is 0 Å². The Balaban J connectivity index is 1.93. The summed E-state index contributed by atoms with van der Waals surface area (Å²) in [4.78, 5) is 6.20. The van der Waals surface area contributed by atoms with Gasteiger partial charge < -0.3 is 10.2 Å². The van der Waals surface area contributed by atoms with Crippen molar-refractivity contribution in [2.75, 3.05) is 24.5 Å². The molecule has 1 aliphatic rings. The van der Waals surface area contributed by atoms with Crippen LogP contribution in [0.4, 0.5) is 10.2 Å². The average Bonchev–Trinajstić information content (AvgIpc) is 2.40. The SMILES string of the molecule is CCNC(C)C1CCN(c2ncccc2F)CC1. The molecule has 1 saturated heterocycles. The van der Waals surface area contributed by atoms with Crippen LogP contribution in [0.2, 0.25) is 0 Å². The second-order valence-corrected chi connectivity index (χ2v) is 4.98. The molecule has 3 nitrogen and oxygen atoms in total. The van der Waals surface area contributed by atoms with Crippen LogP contribution < -0.4 is 10.2 Å². The molecule has 0 saturated carbocycles. The van der Waals surface area contributed by atoms with Crippen molar-refractivity contribution in [3.8, 4) is 0 Å². The molecule has 1 aromatic rings. The summed E-state index contributed by atoms with van der Waals surface area (Å²) in [6, 6.07) is 3.67. The molecule has 1 atom stereocenters. The largest absolute Gasteiger partial charge is 0.354 e. The maximum Gasteiger partial charge on any atom is 0.165 e. The van der Waals surface area contributed by atoms with Gasteiger partial charge in [0.2, 0.25) is 0 Å². The molecule has 1 aromatic heterocycles. The van der Waals surface area contributed by atoms with Gasteiger partial charge in [-0.05, 0) is 44.4 Å². The van der Waals surface area contributed by atoms with E-state index in [2.05, 4.69) is 29.0 Å². The number of pyridine rings is 1. The highest BCUT2D eigenvalue weighted by Gasteiger charge is 2.25. The van der Waals surface area contributed by atoms with Gasteiger partial charge in [-0.25, -0.2) is 9.37 Å². The second kappa shape index (κ2) is 6.14. The number of rotatable bonds is 4. The van der Waals surface area contributed by atoms with Gasteiger partial charge in [0, 0.05) is 25.3 Å². The Kier molecular flexibility index (Phi) is 4.53. The minimum atomic E-state index is -0.212. The van der Waals surface area contributed by atoms with Crippen LogP contribution in [0.1, 0.15) is 26.7 Å². The van der Waals surface area contributed by atoms with Crippen molar-refractivity contribution in [3.63, 3.8) is 0 Å². The highest BCUT2D eigenvalue weighted by atomic mass is 19.1. The number of hydrogen-bond donors (Lipinski definition) is 1. The molecule has 2 rings (SSSR count). The lowest BCUT2D eigenvalue weighted by Gasteiger charge is -2.35. The van der Waals surface area contributed by atoms with E-state index in [0.29, 0.717) is 17.8 Å². The lowest BCUT2D eigenvalue weighted by molar-refractivity contribution is 0.313. The Bertz CT molecular complexity index is 375. The third-order valence-corrected chi connectivity index (χ3v) is 3.81. The van der Waals surface area contributed by atoms with E-state index in [1.807, 2.05) is 0 Å².